The number of carboxylic acids is 1. The SMILES string of the molecule is CN1CCN(CC2=CCC(CC(C)(C)C)(C(=O)NN)C=C2)CC1.O=C(O)C(F)(F)F. The maximum absolute atomic E-state index is 12.4. The van der Waals surface area contributed by atoms with E-state index in [0.29, 0.717) is 0 Å². The number of amides is 1. The summed E-state index contributed by atoms with van der Waals surface area (Å²) in [4.78, 5) is 26.1. The number of piperazine rings is 1. The Labute approximate surface area is 175 Å². The molecule has 172 valence electrons. The van der Waals surface area contributed by atoms with Gasteiger partial charge in [0.1, 0.15) is 0 Å². The molecule has 0 radical (unpaired) electrons. The van der Waals surface area contributed by atoms with Crippen molar-refractivity contribution in [1.29, 1.82) is 0 Å². The van der Waals surface area contributed by atoms with Crippen molar-refractivity contribution in [2.45, 2.75) is 39.8 Å². The molecule has 10 heteroatoms. The number of alkyl halides is 3. The number of aliphatic carboxylic acids is 1. The first kappa shape index (κ1) is 26.1. The van der Waals surface area contributed by atoms with Crippen LogP contribution in [0, 0.1) is 10.8 Å². The van der Waals surface area contributed by atoms with Crippen LogP contribution in [0.15, 0.2) is 23.8 Å². The number of likely N-dealkylation sites (N-methyl/N-ethyl adjacent to an activating group) is 1. The number of carbonyl (C=O) groups excluding carboxylic acids is 1. The molecular weight excluding hydrogens is 401 g/mol. The number of nitrogens with two attached hydrogens (primary N) is 1. The van der Waals surface area contributed by atoms with Gasteiger partial charge in [-0.15, -0.1) is 0 Å². The molecule has 1 unspecified atom stereocenters. The Hall–Kier alpha value is -1.91. The third-order valence-electron chi connectivity index (χ3n) is 5.02. The number of hydrogen-bond acceptors (Lipinski definition) is 5. The van der Waals surface area contributed by atoms with Crippen LogP contribution in [0.5, 0.6) is 0 Å². The van der Waals surface area contributed by atoms with Crippen LogP contribution in [-0.2, 0) is 9.59 Å². The van der Waals surface area contributed by atoms with Gasteiger partial charge in [0.15, 0.2) is 0 Å². The van der Waals surface area contributed by atoms with Gasteiger partial charge in [0, 0.05) is 32.7 Å². The summed E-state index contributed by atoms with van der Waals surface area (Å²) < 4.78 is 31.7. The largest absolute Gasteiger partial charge is 0.490 e. The van der Waals surface area contributed by atoms with Crippen LogP contribution in [0.1, 0.15) is 33.6 Å². The number of nitrogens with zero attached hydrogens (tertiary/aromatic N) is 2. The third-order valence-corrected chi connectivity index (χ3v) is 5.02. The highest BCUT2D eigenvalue weighted by atomic mass is 19.4. The smallest absolute Gasteiger partial charge is 0.475 e. The number of rotatable bonds is 4. The molecule has 1 aliphatic heterocycles. The number of allylic oxidation sites excluding steroid dienone is 1. The van der Waals surface area contributed by atoms with Gasteiger partial charge in [0.2, 0.25) is 5.91 Å². The van der Waals surface area contributed by atoms with Gasteiger partial charge in [-0.05, 0) is 30.9 Å². The monoisotopic (exact) mass is 434 g/mol. The first-order valence-corrected chi connectivity index (χ1v) is 9.79. The van der Waals surface area contributed by atoms with Gasteiger partial charge >= 0.3 is 12.1 Å². The molecule has 1 heterocycles. The van der Waals surface area contributed by atoms with Crippen molar-refractivity contribution < 1.29 is 27.9 Å². The second-order valence-corrected chi connectivity index (χ2v) is 9.07. The molecule has 1 saturated heterocycles. The van der Waals surface area contributed by atoms with Crippen molar-refractivity contribution in [3.8, 4) is 0 Å². The lowest BCUT2D eigenvalue weighted by Gasteiger charge is -2.37. The zero-order chi connectivity index (χ0) is 23.2. The van der Waals surface area contributed by atoms with E-state index >= 15 is 0 Å². The fourth-order valence-corrected chi connectivity index (χ4v) is 3.57. The molecule has 7 nitrogen and oxygen atoms in total. The standard InChI is InChI=1S/C18H32N4O.C2HF3O2/c1-17(2,3)14-18(16(23)20-19)7-5-15(6-8-18)13-22-11-9-21(4)10-12-22;3-2(4,5)1(6)7/h5-7H,8-14,19H2,1-4H3,(H,20,23);(H,6,7). The highest BCUT2D eigenvalue weighted by Crippen LogP contribution is 2.41. The minimum atomic E-state index is -5.08. The van der Waals surface area contributed by atoms with Crippen molar-refractivity contribution in [3.63, 3.8) is 0 Å². The van der Waals surface area contributed by atoms with Gasteiger partial charge in [-0.3, -0.25) is 15.1 Å². The molecule has 0 aromatic heterocycles. The van der Waals surface area contributed by atoms with E-state index < -0.39 is 17.6 Å². The van der Waals surface area contributed by atoms with E-state index in [-0.39, 0.29) is 11.3 Å². The highest BCUT2D eigenvalue weighted by Gasteiger charge is 2.40. The molecule has 1 atom stereocenters. The Morgan fingerprint density at radius 1 is 1.20 bits per heavy atom. The summed E-state index contributed by atoms with van der Waals surface area (Å²) in [5.74, 6) is 2.60. The van der Waals surface area contributed by atoms with Gasteiger partial charge in [0.25, 0.3) is 0 Å². The molecule has 0 saturated carbocycles. The zero-order valence-electron chi connectivity index (χ0n) is 18.1. The summed E-state index contributed by atoms with van der Waals surface area (Å²) in [5, 5.41) is 7.12. The average Bonchev–Trinajstić information content (AvgIpc) is 2.63. The molecule has 2 aliphatic rings. The van der Waals surface area contributed by atoms with Crippen LogP contribution in [0.2, 0.25) is 0 Å². The fourth-order valence-electron chi connectivity index (χ4n) is 3.57. The van der Waals surface area contributed by atoms with Gasteiger partial charge < -0.3 is 10.0 Å². The molecule has 0 spiro atoms. The van der Waals surface area contributed by atoms with Crippen LogP contribution in [0.3, 0.4) is 0 Å². The molecule has 4 N–H and O–H groups in total. The molecular formula is C20H33F3N4O3. The molecule has 2 rings (SSSR count). The number of hydrogen-bond donors (Lipinski definition) is 3. The number of hydrazine groups is 1. The third kappa shape index (κ3) is 8.45. The van der Waals surface area contributed by atoms with Crippen molar-refractivity contribution in [3.05, 3.63) is 23.8 Å². The Kier molecular flexibility index (Phi) is 9.06. The number of carbonyl (C=O) groups is 2. The second-order valence-electron chi connectivity index (χ2n) is 9.07. The summed E-state index contributed by atoms with van der Waals surface area (Å²) in [6.45, 7) is 11.9. The molecule has 0 aromatic carbocycles. The van der Waals surface area contributed by atoms with Crippen molar-refractivity contribution in [1.82, 2.24) is 15.2 Å². The number of nitrogens with one attached hydrogen (secondary N) is 1. The van der Waals surface area contributed by atoms with E-state index in [4.69, 9.17) is 15.7 Å². The average molecular weight is 435 g/mol. The summed E-state index contributed by atoms with van der Waals surface area (Å²) in [5.41, 5.74) is 3.23. The Balaban J connectivity index is 0.000000553. The maximum atomic E-state index is 12.4. The van der Waals surface area contributed by atoms with Crippen molar-refractivity contribution >= 4 is 11.9 Å². The molecule has 30 heavy (non-hydrogen) atoms. The number of halogens is 3. The summed E-state index contributed by atoms with van der Waals surface area (Å²) in [6.07, 6.45) is 2.86. The van der Waals surface area contributed by atoms with E-state index in [2.05, 4.69) is 61.3 Å². The Bertz CT molecular complexity index is 663. The molecule has 1 amide bonds. The summed E-state index contributed by atoms with van der Waals surface area (Å²) >= 11 is 0. The minimum Gasteiger partial charge on any atom is -0.475 e. The quantitative estimate of drug-likeness (QED) is 0.356. The van der Waals surface area contributed by atoms with Gasteiger partial charge in [0.05, 0.1) is 5.41 Å². The lowest BCUT2D eigenvalue weighted by atomic mass is 9.69. The second kappa shape index (κ2) is 10.4. The maximum Gasteiger partial charge on any atom is 0.490 e. The Morgan fingerprint density at radius 3 is 2.10 bits per heavy atom. The van der Waals surface area contributed by atoms with Crippen LogP contribution in [0.25, 0.3) is 0 Å². The van der Waals surface area contributed by atoms with Crippen LogP contribution in [0.4, 0.5) is 13.2 Å². The van der Waals surface area contributed by atoms with E-state index in [1.807, 2.05) is 0 Å². The van der Waals surface area contributed by atoms with E-state index in [1.54, 1.807) is 0 Å². The predicted molar refractivity (Wildman–Crippen MR) is 108 cm³/mol. The molecule has 1 fully saturated rings. The normalized spacial score (nSPS) is 23.3. The van der Waals surface area contributed by atoms with Crippen LogP contribution in [-0.4, -0.2) is 72.7 Å². The fraction of sp³-hybridized carbons (Fsp3) is 0.700. The lowest BCUT2D eigenvalue weighted by Crippen LogP contribution is -2.46. The zero-order valence-corrected chi connectivity index (χ0v) is 18.1. The highest BCUT2D eigenvalue weighted by molar-refractivity contribution is 5.85. The first-order valence-electron chi connectivity index (χ1n) is 9.79. The summed E-state index contributed by atoms with van der Waals surface area (Å²) in [6, 6.07) is 0. The molecule has 0 bridgehead atoms. The minimum absolute atomic E-state index is 0.0691. The van der Waals surface area contributed by atoms with Gasteiger partial charge in [-0.25, -0.2) is 10.6 Å². The van der Waals surface area contributed by atoms with Gasteiger partial charge in [-0.2, -0.15) is 13.2 Å². The number of carboxylic acid groups (broad SMARTS) is 1. The van der Waals surface area contributed by atoms with Crippen molar-refractivity contribution in [2.24, 2.45) is 16.7 Å². The summed E-state index contributed by atoms with van der Waals surface area (Å²) in [7, 11) is 2.17. The molecule has 1 aliphatic carbocycles. The predicted octanol–water partition coefficient (Wildman–Crippen LogP) is 2.17. The Morgan fingerprint density at radius 2 is 1.73 bits per heavy atom. The lowest BCUT2D eigenvalue weighted by molar-refractivity contribution is -0.192. The van der Waals surface area contributed by atoms with E-state index in [9.17, 15) is 18.0 Å². The van der Waals surface area contributed by atoms with E-state index in [1.165, 1.54) is 5.57 Å². The van der Waals surface area contributed by atoms with Crippen LogP contribution >= 0.6 is 0 Å². The molecule has 0 aromatic rings. The van der Waals surface area contributed by atoms with Crippen molar-refractivity contribution in [2.75, 3.05) is 39.8 Å². The van der Waals surface area contributed by atoms with Gasteiger partial charge in [-0.1, -0.05) is 39.0 Å². The topological polar surface area (TPSA) is 98.9 Å². The van der Waals surface area contributed by atoms with E-state index in [0.717, 1.165) is 45.6 Å². The van der Waals surface area contributed by atoms with Crippen LogP contribution < -0.4 is 11.3 Å². The first-order chi connectivity index (χ1) is 13.7.